The lowest BCUT2D eigenvalue weighted by Gasteiger charge is -2.33. The zero-order valence-electron chi connectivity index (χ0n) is 26.1. The predicted octanol–water partition coefficient (Wildman–Crippen LogP) is 6.79. The average Bonchev–Trinajstić information content (AvgIpc) is 3.99. The maximum atomic E-state index is 12.6. The predicted molar refractivity (Wildman–Crippen MR) is 179 cm³/mol. The third-order valence-electron chi connectivity index (χ3n) is 9.26. The van der Waals surface area contributed by atoms with Crippen LogP contribution in [0.2, 0.25) is 10.0 Å². The van der Waals surface area contributed by atoms with Crippen LogP contribution in [-0.2, 0) is 32.8 Å². The summed E-state index contributed by atoms with van der Waals surface area (Å²) in [5.74, 6) is 0.210. The molecule has 2 aliphatic carbocycles. The van der Waals surface area contributed by atoms with Gasteiger partial charge in [-0.15, -0.1) is 0 Å². The van der Waals surface area contributed by atoms with E-state index in [4.69, 9.17) is 37.8 Å². The van der Waals surface area contributed by atoms with Crippen LogP contribution in [0.25, 0.3) is 11.1 Å². The number of carboxylic acid groups (broad SMARTS) is 1. The van der Waals surface area contributed by atoms with Crippen molar-refractivity contribution in [1.82, 2.24) is 14.8 Å². The number of nitrogens with zero attached hydrogens (tertiary/aromatic N) is 3. The Morgan fingerprint density at radius 3 is 2.43 bits per heavy atom. The lowest BCUT2D eigenvalue weighted by Crippen LogP contribution is -2.49. The highest BCUT2D eigenvalue weighted by atomic mass is 35.5. The number of para-hydroxylation sites is 1. The molecule has 1 N–H and O–H groups in total. The number of unbranched alkanes of at least 4 members (excludes halogenated alkanes) is 1. The monoisotopic (exact) mass is 665 g/mol. The first-order valence-electron chi connectivity index (χ1n) is 16.3. The molecule has 0 spiro atoms. The number of halogens is 2. The second kappa shape index (κ2) is 14.7. The van der Waals surface area contributed by atoms with Crippen molar-refractivity contribution < 1.29 is 24.2 Å². The summed E-state index contributed by atoms with van der Waals surface area (Å²) in [6, 6.07) is 14.2. The number of aryl methyl sites for hydroxylation is 1. The SMILES string of the molecule is O=C(O)CN1CCN(C(=O)CCCCc2cc(Cl)c(COCC3(c4cnccc4-c4ccccc4OC4CC4)CC3)cc2Cl)CC1. The Hall–Kier alpha value is -3.17. The highest BCUT2D eigenvalue weighted by Gasteiger charge is 2.46. The molecule has 0 bridgehead atoms. The van der Waals surface area contributed by atoms with Crippen LogP contribution in [-0.4, -0.2) is 77.2 Å². The van der Waals surface area contributed by atoms with E-state index in [1.54, 1.807) is 0 Å². The summed E-state index contributed by atoms with van der Waals surface area (Å²) in [5.41, 5.74) is 5.19. The molecule has 3 aliphatic rings. The van der Waals surface area contributed by atoms with Crippen molar-refractivity contribution in [2.45, 2.75) is 69.5 Å². The molecule has 8 nitrogen and oxygen atoms in total. The van der Waals surface area contributed by atoms with Crippen molar-refractivity contribution in [1.29, 1.82) is 0 Å². The molecule has 244 valence electrons. The van der Waals surface area contributed by atoms with Gasteiger partial charge in [0, 0.05) is 66.0 Å². The molecule has 2 aromatic carbocycles. The third-order valence-corrected chi connectivity index (χ3v) is 9.97. The second-order valence-electron chi connectivity index (χ2n) is 12.8. The van der Waals surface area contributed by atoms with Crippen LogP contribution < -0.4 is 4.74 Å². The maximum Gasteiger partial charge on any atom is 0.317 e. The smallest absolute Gasteiger partial charge is 0.317 e. The lowest BCUT2D eigenvalue weighted by atomic mass is 9.90. The number of amides is 1. The van der Waals surface area contributed by atoms with Gasteiger partial charge < -0.3 is 19.5 Å². The van der Waals surface area contributed by atoms with Gasteiger partial charge in [-0.05, 0) is 91.5 Å². The molecular weight excluding hydrogens is 625 g/mol. The molecule has 0 atom stereocenters. The highest BCUT2D eigenvalue weighted by Crippen LogP contribution is 2.52. The molecule has 2 heterocycles. The van der Waals surface area contributed by atoms with Crippen LogP contribution in [0, 0.1) is 0 Å². The van der Waals surface area contributed by atoms with Gasteiger partial charge in [-0.2, -0.15) is 0 Å². The minimum atomic E-state index is -0.836. The summed E-state index contributed by atoms with van der Waals surface area (Å²) in [4.78, 5) is 31.7. The Morgan fingerprint density at radius 2 is 1.70 bits per heavy atom. The van der Waals surface area contributed by atoms with E-state index in [1.807, 2.05) is 40.4 Å². The van der Waals surface area contributed by atoms with E-state index in [0.29, 0.717) is 62.0 Å². The molecule has 2 saturated carbocycles. The molecule has 3 fully saturated rings. The molecule has 1 aromatic heterocycles. The first-order valence-corrected chi connectivity index (χ1v) is 17.0. The topological polar surface area (TPSA) is 92.2 Å². The van der Waals surface area contributed by atoms with Crippen molar-refractivity contribution in [3.63, 3.8) is 0 Å². The minimum absolute atomic E-state index is 0.0230. The number of rotatable bonds is 15. The van der Waals surface area contributed by atoms with Crippen molar-refractivity contribution >= 4 is 35.1 Å². The fraction of sp³-hybridized carbons (Fsp3) is 0.472. The van der Waals surface area contributed by atoms with E-state index in [1.165, 1.54) is 5.56 Å². The number of aromatic nitrogens is 1. The highest BCUT2D eigenvalue weighted by molar-refractivity contribution is 6.34. The van der Waals surface area contributed by atoms with E-state index < -0.39 is 5.97 Å². The summed E-state index contributed by atoms with van der Waals surface area (Å²) in [7, 11) is 0. The van der Waals surface area contributed by atoms with Crippen molar-refractivity contribution in [2.24, 2.45) is 0 Å². The van der Waals surface area contributed by atoms with Gasteiger partial charge in [-0.1, -0.05) is 41.4 Å². The number of hydrogen-bond donors (Lipinski definition) is 1. The van der Waals surface area contributed by atoms with Gasteiger partial charge in [0.25, 0.3) is 0 Å². The summed E-state index contributed by atoms with van der Waals surface area (Å²) in [6.07, 6.45) is 11.2. The number of piperazine rings is 1. The van der Waals surface area contributed by atoms with Gasteiger partial charge in [0.15, 0.2) is 0 Å². The van der Waals surface area contributed by atoms with Gasteiger partial charge in [0.1, 0.15) is 5.75 Å². The van der Waals surface area contributed by atoms with Gasteiger partial charge >= 0.3 is 5.97 Å². The first-order chi connectivity index (χ1) is 22.3. The van der Waals surface area contributed by atoms with Gasteiger partial charge in [0.05, 0.1) is 25.9 Å². The van der Waals surface area contributed by atoms with Gasteiger partial charge in [0.2, 0.25) is 5.91 Å². The van der Waals surface area contributed by atoms with E-state index in [2.05, 4.69) is 29.2 Å². The normalized spacial score (nSPS) is 17.6. The van der Waals surface area contributed by atoms with Gasteiger partial charge in [-0.25, -0.2) is 0 Å². The lowest BCUT2D eigenvalue weighted by molar-refractivity contribution is -0.139. The van der Waals surface area contributed by atoms with Crippen molar-refractivity contribution in [3.8, 4) is 16.9 Å². The van der Waals surface area contributed by atoms with Crippen LogP contribution >= 0.6 is 23.2 Å². The van der Waals surface area contributed by atoms with E-state index in [0.717, 1.165) is 72.9 Å². The number of carboxylic acids is 1. The standard InChI is InChI=1S/C36H41Cl2N3O5/c37-31-20-26(32(38)19-25(31)5-1-4-8-34(42)41-17-15-40(16-18-41)22-35(43)44)23-45-24-36(12-13-36)30-21-39-14-11-28(30)29-6-2-3-7-33(29)46-27-9-10-27/h2-3,6-7,11,14,19-21,27H,1,4-5,8-10,12-13,15-18,22-24H2,(H,43,44). The fourth-order valence-corrected chi connectivity index (χ4v) is 6.76. The van der Waals surface area contributed by atoms with Crippen molar-refractivity contribution in [2.75, 3.05) is 39.3 Å². The molecule has 0 unspecified atom stereocenters. The van der Waals surface area contributed by atoms with E-state index >= 15 is 0 Å². The number of pyridine rings is 1. The molecule has 1 aliphatic heterocycles. The molecule has 6 rings (SSSR count). The summed E-state index contributed by atoms with van der Waals surface area (Å²) >= 11 is 13.4. The molecule has 1 saturated heterocycles. The summed E-state index contributed by atoms with van der Waals surface area (Å²) in [5, 5.41) is 10.2. The van der Waals surface area contributed by atoms with Crippen LogP contribution in [0.4, 0.5) is 0 Å². The molecule has 0 radical (unpaired) electrons. The summed E-state index contributed by atoms with van der Waals surface area (Å²) < 4.78 is 12.5. The fourth-order valence-electron chi connectivity index (χ4n) is 6.24. The third kappa shape index (κ3) is 8.21. The number of aliphatic carboxylic acids is 1. The zero-order chi connectivity index (χ0) is 32.1. The Morgan fingerprint density at radius 1 is 0.957 bits per heavy atom. The first kappa shape index (κ1) is 32.8. The Labute approximate surface area is 280 Å². The average molecular weight is 667 g/mol. The van der Waals surface area contributed by atoms with E-state index in [-0.39, 0.29) is 17.9 Å². The largest absolute Gasteiger partial charge is 0.490 e. The van der Waals surface area contributed by atoms with E-state index in [9.17, 15) is 9.59 Å². The molecule has 1 amide bonds. The van der Waals surface area contributed by atoms with Gasteiger partial charge in [-0.3, -0.25) is 19.5 Å². The zero-order valence-corrected chi connectivity index (χ0v) is 27.6. The minimum Gasteiger partial charge on any atom is -0.490 e. The van der Waals surface area contributed by atoms with Crippen LogP contribution in [0.1, 0.15) is 61.6 Å². The van der Waals surface area contributed by atoms with Crippen LogP contribution in [0.3, 0.4) is 0 Å². The van der Waals surface area contributed by atoms with Crippen LogP contribution in [0.5, 0.6) is 5.75 Å². The number of carbonyl (C=O) groups excluding carboxylic acids is 1. The number of carbonyl (C=O) groups is 2. The maximum absolute atomic E-state index is 12.6. The number of ether oxygens (including phenoxy) is 2. The quantitative estimate of drug-likeness (QED) is 0.179. The molecule has 10 heteroatoms. The molecule has 46 heavy (non-hydrogen) atoms. The number of hydrogen-bond acceptors (Lipinski definition) is 6. The Kier molecular flexibility index (Phi) is 10.5. The number of benzene rings is 2. The van der Waals surface area contributed by atoms with Crippen molar-refractivity contribution in [3.05, 3.63) is 81.6 Å². The van der Waals surface area contributed by atoms with Crippen LogP contribution in [0.15, 0.2) is 54.9 Å². The Bertz CT molecular complexity index is 1550. The Balaban J connectivity index is 0.992. The molecular formula is C36H41Cl2N3O5. The molecule has 3 aromatic rings. The second-order valence-corrected chi connectivity index (χ2v) is 13.6. The summed E-state index contributed by atoms with van der Waals surface area (Å²) in [6.45, 7) is 3.29.